The van der Waals surface area contributed by atoms with Crippen molar-refractivity contribution >= 4 is 33.2 Å². The molecule has 0 unspecified atom stereocenters. The molecule has 126 valence electrons. The van der Waals surface area contributed by atoms with E-state index in [-0.39, 0.29) is 0 Å². The van der Waals surface area contributed by atoms with Crippen LogP contribution in [0.25, 0.3) is 20.8 Å². The Hall–Kier alpha value is -2.16. The average Bonchev–Trinajstić information content (AvgIpc) is 3.14. The molecule has 4 rings (SSSR count). The number of morpholine rings is 1. The Balaban J connectivity index is 1.58. The molecule has 0 bridgehead atoms. The molecule has 4 N–H and O–H groups in total. The van der Waals surface area contributed by atoms with Gasteiger partial charge in [0.15, 0.2) is 5.82 Å². The lowest BCUT2D eigenvalue weighted by Crippen LogP contribution is -2.38. The Bertz CT molecular complexity index is 818. The number of thiazole rings is 1. The normalized spacial score (nSPS) is 16.0. The fourth-order valence-electron chi connectivity index (χ4n) is 2.92. The first-order valence-corrected chi connectivity index (χ1v) is 8.82. The topological polar surface area (TPSA) is 95.2 Å². The zero-order chi connectivity index (χ0) is 16.5. The minimum atomic E-state index is 0.438. The third kappa shape index (κ3) is 2.83. The van der Waals surface area contributed by atoms with Crippen LogP contribution >= 0.6 is 11.3 Å². The minimum Gasteiger partial charge on any atom is -0.383 e. The second-order valence-corrected chi connectivity index (χ2v) is 6.84. The predicted molar refractivity (Wildman–Crippen MR) is 96.9 cm³/mol. The number of nitrogens with two attached hydrogens (primary N) is 2. The number of benzene rings is 1. The highest BCUT2D eigenvalue weighted by Crippen LogP contribution is 2.36. The zero-order valence-corrected chi connectivity index (χ0v) is 14.1. The molecule has 1 saturated heterocycles. The number of nitrogen functional groups attached to an aromatic ring is 2. The van der Waals surface area contributed by atoms with Gasteiger partial charge in [0, 0.05) is 19.6 Å². The monoisotopic (exact) mass is 344 g/mol. The molecule has 3 aromatic rings. The van der Waals surface area contributed by atoms with Crippen molar-refractivity contribution in [2.24, 2.45) is 0 Å². The highest BCUT2D eigenvalue weighted by atomic mass is 32.1. The number of ether oxygens (including phenoxy) is 1. The van der Waals surface area contributed by atoms with Crippen molar-refractivity contribution in [3.8, 4) is 10.6 Å². The Morgan fingerprint density at radius 3 is 2.71 bits per heavy atom. The summed E-state index contributed by atoms with van der Waals surface area (Å²) in [4.78, 5) is 6.99. The molecule has 2 aromatic heterocycles. The van der Waals surface area contributed by atoms with Gasteiger partial charge in [-0.3, -0.25) is 4.90 Å². The molecule has 24 heavy (non-hydrogen) atoms. The Morgan fingerprint density at radius 2 is 1.92 bits per heavy atom. The van der Waals surface area contributed by atoms with Crippen LogP contribution < -0.4 is 11.5 Å². The van der Waals surface area contributed by atoms with Crippen molar-refractivity contribution in [1.29, 1.82) is 0 Å². The van der Waals surface area contributed by atoms with Gasteiger partial charge in [-0.05, 0) is 12.1 Å². The van der Waals surface area contributed by atoms with E-state index in [4.69, 9.17) is 16.2 Å². The summed E-state index contributed by atoms with van der Waals surface area (Å²) in [5.74, 6) is 1.02. The molecule has 0 aliphatic carbocycles. The number of nitrogens with zero attached hydrogens (tertiary/aromatic N) is 4. The third-order valence-corrected chi connectivity index (χ3v) is 5.31. The number of para-hydroxylation sites is 1. The van der Waals surface area contributed by atoms with Crippen LogP contribution in [0.5, 0.6) is 0 Å². The quantitative estimate of drug-likeness (QED) is 0.747. The molecule has 1 aliphatic heterocycles. The van der Waals surface area contributed by atoms with Gasteiger partial charge in [-0.2, -0.15) is 5.10 Å². The van der Waals surface area contributed by atoms with Crippen molar-refractivity contribution in [2.45, 2.75) is 6.54 Å². The molecule has 7 nitrogen and oxygen atoms in total. The summed E-state index contributed by atoms with van der Waals surface area (Å²) in [6.07, 6.45) is 0. The summed E-state index contributed by atoms with van der Waals surface area (Å²) in [7, 11) is 0. The predicted octanol–water partition coefficient (Wildman–Crippen LogP) is 1.66. The van der Waals surface area contributed by atoms with Crippen molar-refractivity contribution in [1.82, 2.24) is 19.7 Å². The SMILES string of the molecule is Nc1nn(CCN2CCOCC2)c(N)c1-c1nc2ccccc2s1. The van der Waals surface area contributed by atoms with Crippen molar-refractivity contribution < 1.29 is 4.74 Å². The van der Waals surface area contributed by atoms with E-state index in [2.05, 4.69) is 15.0 Å². The number of aromatic nitrogens is 3. The summed E-state index contributed by atoms with van der Waals surface area (Å²) in [6.45, 7) is 5.05. The van der Waals surface area contributed by atoms with Crippen LogP contribution in [0.3, 0.4) is 0 Å². The van der Waals surface area contributed by atoms with Gasteiger partial charge in [-0.15, -0.1) is 11.3 Å². The zero-order valence-electron chi connectivity index (χ0n) is 13.3. The van der Waals surface area contributed by atoms with Gasteiger partial charge in [-0.25, -0.2) is 9.67 Å². The molecule has 0 saturated carbocycles. The maximum absolute atomic E-state index is 6.32. The van der Waals surface area contributed by atoms with Crippen molar-refractivity contribution in [3.05, 3.63) is 24.3 Å². The van der Waals surface area contributed by atoms with Crippen LogP contribution in [0, 0.1) is 0 Å². The summed E-state index contributed by atoms with van der Waals surface area (Å²) in [6, 6.07) is 8.02. The second-order valence-electron chi connectivity index (χ2n) is 5.81. The van der Waals surface area contributed by atoms with E-state index in [1.54, 1.807) is 16.0 Å². The highest BCUT2D eigenvalue weighted by molar-refractivity contribution is 7.21. The molecular formula is C16H20N6OS. The number of hydrogen-bond acceptors (Lipinski definition) is 7. The molecule has 1 aromatic carbocycles. The van der Waals surface area contributed by atoms with Gasteiger partial charge in [0.1, 0.15) is 10.8 Å². The molecule has 8 heteroatoms. The summed E-state index contributed by atoms with van der Waals surface area (Å²) < 4.78 is 8.27. The van der Waals surface area contributed by atoms with Crippen LogP contribution in [-0.2, 0) is 11.3 Å². The van der Waals surface area contributed by atoms with Gasteiger partial charge in [0.2, 0.25) is 0 Å². The maximum atomic E-state index is 6.32. The van der Waals surface area contributed by atoms with Crippen molar-refractivity contribution in [3.63, 3.8) is 0 Å². The Morgan fingerprint density at radius 1 is 1.12 bits per heavy atom. The molecule has 0 atom stereocenters. The lowest BCUT2D eigenvalue weighted by molar-refractivity contribution is 0.0360. The first kappa shape index (κ1) is 15.4. The molecule has 0 radical (unpaired) electrons. The minimum absolute atomic E-state index is 0.438. The molecular weight excluding hydrogens is 324 g/mol. The van der Waals surface area contributed by atoms with E-state index in [0.717, 1.165) is 53.6 Å². The van der Waals surface area contributed by atoms with E-state index in [1.165, 1.54) is 0 Å². The molecule has 1 aliphatic rings. The van der Waals surface area contributed by atoms with Crippen LogP contribution in [-0.4, -0.2) is 52.5 Å². The van der Waals surface area contributed by atoms with E-state index in [1.807, 2.05) is 24.3 Å². The Kier molecular flexibility index (Phi) is 4.09. The van der Waals surface area contributed by atoms with E-state index < -0.39 is 0 Å². The average molecular weight is 344 g/mol. The van der Waals surface area contributed by atoms with Gasteiger partial charge in [-0.1, -0.05) is 12.1 Å². The van der Waals surface area contributed by atoms with Gasteiger partial charge >= 0.3 is 0 Å². The molecule has 1 fully saturated rings. The summed E-state index contributed by atoms with van der Waals surface area (Å²) >= 11 is 1.59. The molecule has 0 spiro atoms. The number of fused-ring (bicyclic) bond motifs is 1. The maximum Gasteiger partial charge on any atom is 0.158 e. The van der Waals surface area contributed by atoms with Gasteiger partial charge in [0.25, 0.3) is 0 Å². The Labute approximate surface area is 143 Å². The fourth-order valence-corrected chi connectivity index (χ4v) is 3.95. The summed E-state index contributed by atoms with van der Waals surface area (Å²) in [5.41, 5.74) is 14.1. The smallest absolute Gasteiger partial charge is 0.158 e. The van der Waals surface area contributed by atoms with E-state index in [9.17, 15) is 0 Å². The largest absolute Gasteiger partial charge is 0.383 e. The van der Waals surface area contributed by atoms with Crippen LogP contribution in [0.2, 0.25) is 0 Å². The second kappa shape index (κ2) is 6.39. The highest BCUT2D eigenvalue weighted by Gasteiger charge is 2.19. The van der Waals surface area contributed by atoms with Crippen LogP contribution in [0.4, 0.5) is 11.6 Å². The fraction of sp³-hybridized carbons (Fsp3) is 0.375. The van der Waals surface area contributed by atoms with E-state index in [0.29, 0.717) is 18.2 Å². The number of anilines is 2. The van der Waals surface area contributed by atoms with Crippen LogP contribution in [0.1, 0.15) is 0 Å². The van der Waals surface area contributed by atoms with Crippen LogP contribution in [0.15, 0.2) is 24.3 Å². The lowest BCUT2D eigenvalue weighted by atomic mass is 10.3. The number of hydrogen-bond donors (Lipinski definition) is 2. The molecule has 3 heterocycles. The van der Waals surface area contributed by atoms with E-state index >= 15 is 0 Å². The van der Waals surface area contributed by atoms with Crippen molar-refractivity contribution in [2.75, 3.05) is 44.3 Å². The van der Waals surface area contributed by atoms with Gasteiger partial charge < -0.3 is 16.2 Å². The first-order valence-electron chi connectivity index (χ1n) is 8.00. The lowest BCUT2D eigenvalue weighted by Gasteiger charge is -2.26. The standard InChI is InChI=1S/C16H20N6OS/c17-14-13(16-19-11-3-1-2-4-12(11)24-16)15(18)22(20-14)6-5-21-7-9-23-10-8-21/h1-4H,5-10,18H2,(H2,17,20). The first-order chi connectivity index (χ1) is 11.7. The third-order valence-electron chi connectivity index (χ3n) is 4.26. The van der Waals surface area contributed by atoms with Gasteiger partial charge in [0.05, 0.1) is 35.5 Å². The summed E-state index contributed by atoms with van der Waals surface area (Å²) in [5, 5.41) is 5.24. The number of rotatable bonds is 4. The molecule has 0 amide bonds.